The van der Waals surface area contributed by atoms with E-state index in [0.29, 0.717) is 6.54 Å². The Bertz CT molecular complexity index is 216. The Morgan fingerprint density at radius 1 is 1.35 bits per heavy atom. The lowest BCUT2D eigenvalue weighted by molar-refractivity contribution is -0.0301. The van der Waals surface area contributed by atoms with Crippen LogP contribution >= 0.6 is 12.4 Å². The van der Waals surface area contributed by atoms with E-state index in [0.717, 1.165) is 31.5 Å². The Balaban J connectivity index is 0.00000144. The van der Waals surface area contributed by atoms with Crippen molar-refractivity contribution in [3.63, 3.8) is 0 Å². The maximum Gasteiger partial charge on any atom is 0.0824 e. The van der Waals surface area contributed by atoms with E-state index < -0.39 is 0 Å². The third kappa shape index (κ3) is 4.74. The molecule has 0 amide bonds. The molecular weight excluding hydrogens is 236 g/mol. The molecule has 0 radical (unpaired) electrons. The van der Waals surface area contributed by atoms with Crippen LogP contribution in [-0.4, -0.2) is 43.8 Å². The van der Waals surface area contributed by atoms with Crippen LogP contribution in [0.15, 0.2) is 0 Å². The number of rotatable bonds is 3. The summed E-state index contributed by atoms with van der Waals surface area (Å²) in [5, 5.41) is 0. The summed E-state index contributed by atoms with van der Waals surface area (Å²) in [7, 11) is 0. The van der Waals surface area contributed by atoms with Gasteiger partial charge >= 0.3 is 0 Å². The van der Waals surface area contributed by atoms with Crippen molar-refractivity contribution in [1.29, 1.82) is 0 Å². The first kappa shape index (κ1) is 15.2. The predicted octanol–water partition coefficient (Wildman–Crippen LogP) is 1.89. The normalized spacial score (nSPS) is 35.3. The maximum atomic E-state index is 5.67. The first-order chi connectivity index (χ1) is 7.78. The minimum Gasteiger partial charge on any atom is -0.374 e. The SMILES string of the molecule is CC1CCCC(CN2CCOC(CN)C2)C1.Cl. The van der Waals surface area contributed by atoms with Crippen LogP contribution in [0.1, 0.15) is 32.6 Å². The van der Waals surface area contributed by atoms with E-state index in [1.54, 1.807) is 0 Å². The van der Waals surface area contributed by atoms with E-state index in [-0.39, 0.29) is 18.5 Å². The molecule has 2 fully saturated rings. The van der Waals surface area contributed by atoms with Gasteiger partial charge in [-0.1, -0.05) is 19.8 Å². The van der Waals surface area contributed by atoms with Crippen LogP contribution in [0, 0.1) is 11.8 Å². The minimum absolute atomic E-state index is 0. The summed E-state index contributed by atoms with van der Waals surface area (Å²) in [6.07, 6.45) is 5.98. The van der Waals surface area contributed by atoms with Gasteiger partial charge in [-0.2, -0.15) is 0 Å². The molecule has 0 aromatic carbocycles. The van der Waals surface area contributed by atoms with Gasteiger partial charge in [0.05, 0.1) is 12.7 Å². The number of nitrogens with zero attached hydrogens (tertiary/aromatic N) is 1. The number of ether oxygens (including phenoxy) is 1. The molecule has 3 nitrogen and oxygen atoms in total. The molecule has 2 aliphatic rings. The van der Waals surface area contributed by atoms with Gasteiger partial charge in [-0.3, -0.25) is 4.90 Å². The van der Waals surface area contributed by atoms with E-state index in [1.807, 2.05) is 0 Å². The zero-order valence-electron chi connectivity index (χ0n) is 10.9. The maximum absolute atomic E-state index is 5.67. The lowest BCUT2D eigenvalue weighted by atomic mass is 9.82. The molecule has 1 aliphatic heterocycles. The average Bonchev–Trinajstić information content (AvgIpc) is 2.29. The molecule has 1 aliphatic carbocycles. The molecule has 17 heavy (non-hydrogen) atoms. The summed E-state index contributed by atoms with van der Waals surface area (Å²) >= 11 is 0. The Kier molecular flexibility index (Phi) is 6.78. The third-order valence-electron chi connectivity index (χ3n) is 4.05. The molecule has 0 aromatic heterocycles. The van der Waals surface area contributed by atoms with Crippen LogP contribution in [0.2, 0.25) is 0 Å². The average molecular weight is 263 g/mol. The van der Waals surface area contributed by atoms with Gasteiger partial charge in [-0.25, -0.2) is 0 Å². The van der Waals surface area contributed by atoms with Crippen LogP contribution in [0.3, 0.4) is 0 Å². The molecule has 0 spiro atoms. The fourth-order valence-corrected chi connectivity index (χ4v) is 3.18. The molecule has 4 heteroatoms. The standard InChI is InChI=1S/C13H26N2O.ClH/c1-11-3-2-4-12(7-11)9-15-5-6-16-13(8-14)10-15;/h11-13H,2-10,14H2,1H3;1H. The summed E-state index contributed by atoms with van der Waals surface area (Å²) in [5.74, 6) is 1.85. The summed E-state index contributed by atoms with van der Waals surface area (Å²) in [5.41, 5.74) is 5.67. The topological polar surface area (TPSA) is 38.5 Å². The van der Waals surface area contributed by atoms with Crippen LogP contribution in [0.4, 0.5) is 0 Å². The molecular formula is C13H27ClN2O. The zero-order valence-corrected chi connectivity index (χ0v) is 11.8. The quantitative estimate of drug-likeness (QED) is 0.844. The molecule has 102 valence electrons. The van der Waals surface area contributed by atoms with Gasteiger partial charge in [-0.15, -0.1) is 12.4 Å². The Morgan fingerprint density at radius 3 is 2.88 bits per heavy atom. The van der Waals surface area contributed by atoms with E-state index in [1.165, 1.54) is 32.2 Å². The number of halogens is 1. The minimum atomic E-state index is 0. The molecule has 3 unspecified atom stereocenters. The first-order valence-electron chi connectivity index (χ1n) is 6.82. The van der Waals surface area contributed by atoms with E-state index >= 15 is 0 Å². The summed E-state index contributed by atoms with van der Waals surface area (Å²) in [6.45, 7) is 7.34. The number of hydrogen-bond donors (Lipinski definition) is 1. The lowest BCUT2D eigenvalue weighted by Crippen LogP contribution is -2.47. The van der Waals surface area contributed by atoms with Crippen LogP contribution in [0.25, 0.3) is 0 Å². The molecule has 1 heterocycles. The van der Waals surface area contributed by atoms with Crippen molar-refractivity contribution in [2.75, 3.05) is 32.8 Å². The highest BCUT2D eigenvalue weighted by Gasteiger charge is 2.24. The van der Waals surface area contributed by atoms with Gasteiger partial charge in [0.2, 0.25) is 0 Å². The van der Waals surface area contributed by atoms with Crippen molar-refractivity contribution in [3.8, 4) is 0 Å². The highest BCUT2D eigenvalue weighted by molar-refractivity contribution is 5.85. The molecule has 1 saturated heterocycles. The van der Waals surface area contributed by atoms with Crippen LogP contribution in [0.5, 0.6) is 0 Å². The molecule has 0 aromatic rings. The molecule has 2 rings (SSSR count). The van der Waals surface area contributed by atoms with Gasteiger partial charge in [-0.05, 0) is 24.7 Å². The van der Waals surface area contributed by atoms with Crippen molar-refractivity contribution in [3.05, 3.63) is 0 Å². The van der Waals surface area contributed by atoms with E-state index in [4.69, 9.17) is 10.5 Å². The predicted molar refractivity (Wildman–Crippen MR) is 73.6 cm³/mol. The van der Waals surface area contributed by atoms with E-state index in [2.05, 4.69) is 11.8 Å². The zero-order chi connectivity index (χ0) is 11.4. The van der Waals surface area contributed by atoms with Crippen LogP contribution < -0.4 is 5.73 Å². The third-order valence-corrected chi connectivity index (χ3v) is 4.05. The van der Waals surface area contributed by atoms with Crippen LogP contribution in [-0.2, 0) is 4.74 Å². The van der Waals surface area contributed by atoms with Gasteiger partial charge < -0.3 is 10.5 Å². The van der Waals surface area contributed by atoms with E-state index in [9.17, 15) is 0 Å². The number of nitrogens with two attached hydrogens (primary N) is 1. The smallest absolute Gasteiger partial charge is 0.0824 e. The second-order valence-electron chi connectivity index (χ2n) is 5.63. The fraction of sp³-hybridized carbons (Fsp3) is 1.00. The summed E-state index contributed by atoms with van der Waals surface area (Å²) in [6, 6.07) is 0. The van der Waals surface area contributed by atoms with Gasteiger partial charge in [0.25, 0.3) is 0 Å². The monoisotopic (exact) mass is 262 g/mol. The van der Waals surface area contributed by atoms with Crippen molar-refractivity contribution < 1.29 is 4.74 Å². The molecule has 0 bridgehead atoms. The fourth-order valence-electron chi connectivity index (χ4n) is 3.18. The second-order valence-corrected chi connectivity index (χ2v) is 5.63. The Labute approximate surface area is 111 Å². The number of morpholine rings is 1. The molecule has 1 saturated carbocycles. The summed E-state index contributed by atoms with van der Waals surface area (Å²) < 4.78 is 5.60. The van der Waals surface area contributed by atoms with Crippen molar-refractivity contribution in [2.24, 2.45) is 17.6 Å². The first-order valence-corrected chi connectivity index (χ1v) is 6.82. The Morgan fingerprint density at radius 2 is 2.18 bits per heavy atom. The van der Waals surface area contributed by atoms with Gasteiger partial charge in [0, 0.05) is 26.2 Å². The molecule has 2 N–H and O–H groups in total. The lowest BCUT2D eigenvalue weighted by Gasteiger charge is -2.36. The van der Waals surface area contributed by atoms with Crippen molar-refractivity contribution >= 4 is 12.4 Å². The van der Waals surface area contributed by atoms with Gasteiger partial charge in [0.15, 0.2) is 0 Å². The highest BCUT2D eigenvalue weighted by Crippen LogP contribution is 2.29. The highest BCUT2D eigenvalue weighted by atomic mass is 35.5. The van der Waals surface area contributed by atoms with Crippen molar-refractivity contribution in [1.82, 2.24) is 4.90 Å². The van der Waals surface area contributed by atoms with Gasteiger partial charge in [0.1, 0.15) is 0 Å². The van der Waals surface area contributed by atoms with Crippen molar-refractivity contribution in [2.45, 2.75) is 38.7 Å². The Hall–Kier alpha value is 0.170. The largest absolute Gasteiger partial charge is 0.374 e. The second kappa shape index (κ2) is 7.57. The number of hydrogen-bond acceptors (Lipinski definition) is 3. The molecule has 3 atom stereocenters. The summed E-state index contributed by atoms with van der Waals surface area (Å²) in [4.78, 5) is 2.56.